The molecule has 2 atom stereocenters. The summed E-state index contributed by atoms with van der Waals surface area (Å²) < 4.78 is 27.0. The van der Waals surface area contributed by atoms with Crippen LogP contribution >= 0.6 is 0 Å². The number of guanidine groups is 1. The van der Waals surface area contributed by atoms with E-state index in [1.807, 2.05) is 11.8 Å². The van der Waals surface area contributed by atoms with Gasteiger partial charge in [-0.2, -0.15) is 0 Å². The Kier molecular flexibility index (Phi) is 4.06. The van der Waals surface area contributed by atoms with Crippen LogP contribution < -0.4 is 5.73 Å². The predicted octanol–water partition coefficient (Wildman–Crippen LogP) is 2.01. The van der Waals surface area contributed by atoms with E-state index < -0.39 is 10.0 Å². The fourth-order valence-corrected chi connectivity index (χ4v) is 4.85. The molecule has 7 heteroatoms. The SMILES string of the molecule is CC1CN(C2CC=CCC2)C(=N)N1S(=O)(=O)c1ccc(N)cc1. The van der Waals surface area contributed by atoms with E-state index in [1.165, 1.54) is 16.4 Å². The summed E-state index contributed by atoms with van der Waals surface area (Å²) in [5.74, 6) is 0.0784. The number of sulfonamides is 1. The highest BCUT2D eigenvalue weighted by atomic mass is 32.2. The number of nitrogens with zero attached hydrogens (tertiary/aromatic N) is 2. The zero-order valence-corrected chi connectivity index (χ0v) is 14.0. The first-order valence-electron chi connectivity index (χ1n) is 7.81. The molecule has 1 fully saturated rings. The van der Waals surface area contributed by atoms with E-state index in [4.69, 9.17) is 11.1 Å². The van der Waals surface area contributed by atoms with Crippen LogP contribution in [0.1, 0.15) is 26.2 Å². The summed E-state index contributed by atoms with van der Waals surface area (Å²) in [4.78, 5) is 2.09. The summed E-state index contributed by atoms with van der Waals surface area (Å²) in [7, 11) is -3.73. The lowest BCUT2D eigenvalue weighted by molar-refractivity contribution is 0.304. The zero-order chi connectivity index (χ0) is 16.6. The van der Waals surface area contributed by atoms with Gasteiger partial charge in [0.1, 0.15) is 0 Å². The summed E-state index contributed by atoms with van der Waals surface area (Å²) in [5, 5.41) is 8.40. The van der Waals surface area contributed by atoms with Gasteiger partial charge in [0, 0.05) is 18.3 Å². The van der Waals surface area contributed by atoms with Crippen LogP contribution in [0.25, 0.3) is 0 Å². The largest absolute Gasteiger partial charge is 0.399 e. The Morgan fingerprint density at radius 1 is 1.22 bits per heavy atom. The maximum atomic E-state index is 12.9. The van der Waals surface area contributed by atoms with Gasteiger partial charge in [-0.05, 0) is 50.5 Å². The molecule has 0 spiro atoms. The second-order valence-corrected chi connectivity index (χ2v) is 7.95. The summed E-state index contributed by atoms with van der Waals surface area (Å²) in [6.07, 6.45) is 7.06. The highest BCUT2D eigenvalue weighted by molar-refractivity contribution is 7.89. The average molecular weight is 334 g/mol. The first-order chi connectivity index (χ1) is 10.9. The van der Waals surface area contributed by atoms with Crippen molar-refractivity contribution in [3.63, 3.8) is 0 Å². The molecule has 0 saturated carbocycles. The molecule has 23 heavy (non-hydrogen) atoms. The second kappa shape index (κ2) is 5.88. The first-order valence-corrected chi connectivity index (χ1v) is 9.25. The van der Waals surface area contributed by atoms with Crippen LogP contribution in [0.4, 0.5) is 5.69 Å². The number of rotatable bonds is 3. The quantitative estimate of drug-likeness (QED) is 0.653. The van der Waals surface area contributed by atoms with Crippen molar-refractivity contribution in [1.82, 2.24) is 9.21 Å². The lowest BCUT2D eigenvalue weighted by Crippen LogP contribution is -2.42. The van der Waals surface area contributed by atoms with Crippen molar-refractivity contribution in [3.8, 4) is 0 Å². The first kappa shape index (κ1) is 15.9. The van der Waals surface area contributed by atoms with Crippen LogP contribution in [0.5, 0.6) is 0 Å². The van der Waals surface area contributed by atoms with Gasteiger partial charge in [-0.3, -0.25) is 5.41 Å². The topological polar surface area (TPSA) is 90.5 Å². The van der Waals surface area contributed by atoms with Gasteiger partial charge in [0.05, 0.1) is 10.9 Å². The Morgan fingerprint density at radius 3 is 2.52 bits per heavy atom. The van der Waals surface area contributed by atoms with E-state index in [1.54, 1.807) is 12.1 Å². The molecule has 1 heterocycles. The predicted molar refractivity (Wildman–Crippen MR) is 90.6 cm³/mol. The number of hydrogen-bond acceptors (Lipinski definition) is 4. The van der Waals surface area contributed by atoms with Crippen molar-refractivity contribution in [2.45, 2.75) is 43.2 Å². The lowest BCUT2D eigenvalue weighted by atomic mass is 10.0. The maximum absolute atomic E-state index is 12.9. The summed E-state index contributed by atoms with van der Waals surface area (Å²) in [5.41, 5.74) is 6.15. The third-order valence-electron chi connectivity index (χ3n) is 4.46. The molecule has 1 saturated heterocycles. The van der Waals surface area contributed by atoms with Gasteiger partial charge in [0.15, 0.2) is 0 Å². The minimum Gasteiger partial charge on any atom is -0.399 e. The van der Waals surface area contributed by atoms with E-state index >= 15 is 0 Å². The molecule has 1 aliphatic carbocycles. The van der Waals surface area contributed by atoms with Crippen molar-refractivity contribution in [1.29, 1.82) is 5.41 Å². The molecule has 6 nitrogen and oxygen atoms in total. The van der Waals surface area contributed by atoms with Crippen LogP contribution in [0, 0.1) is 5.41 Å². The lowest BCUT2D eigenvalue weighted by Gasteiger charge is -2.30. The smallest absolute Gasteiger partial charge is 0.266 e. The molecule has 1 aromatic carbocycles. The van der Waals surface area contributed by atoms with E-state index in [-0.39, 0.29) is 22.9 Å². The Balaban J connectivity index is 1.88. The minimum absolute atomic E-state index is 0.0784. The number of anilines is 1. The molecule has 3 rings (SSSR count). The van der Waals surface area contributed by atoms with Crippen LogP contribution in [0.3, 0.4) is 0 Å². The maximum Gasteiger partial charge on any atom is 0.266 e. The van der Waals surface area contributed by atoms with Gasteiger partial charge in [0.2, 0.25) is 5.96 Å². The highest BCUT2D eigenvalue weighted by Crippen LogP contribution is 2.29. The zero-order valence-electron chi connectivity index (χ0n) is 13.1. The second-order valence-electron chi connectivity index (χ2n) is 6.13. The Bertz CT molecular complexity index is 727. The number of nitrogens with one attached hydrogen (secondary N) is 1. The van der Waals surface area contributed by atoms with Gasteiger partial charge in [-0.25, -0.2) is 12.7 Å². The van der Waals surface area contributed by atoms with E-state index in [0.717, 1.165) is 19.3 Å². The van der Waals surface area contributed by atoms with Crippen LogP contribution in [-0.4, -0.2) is 42.2 Å². The van der Waals surface area contributed by atoms with Gasteiger partial charge < -0.3 is 10.6 Å². The molecule has 0 radical (unpaired) electrons. The highest BCUT2D eigenvalue weighted by Gasteiger charge is 2.42. The molecule has 2 unspecified atom stereocenters. The van der Waals surface area contributed by atoms with Gasteiger partial charge in [-0.15, -0.1) is 0 Å². The van der Waals surface area contributed by atoms with Crippen molar-refractivity contribution in [2.75, 3.05) is 12.3 Å². The Labute approximate surface area is 137 Å². The van der Waals surface area contributed by atoms with E-state index in [0.29, 0.717) is 12.2 Å². The van der Waals surface area contributed by atoms with Crippen LogP contribution in [-0.2, 0) is 10.0 Å². The van der Waals surface area contributed by atoms with Crippen LogP contribution in [0.15, 0.2) is 41.3 Å². The summed E-state index contributed by atoms with van der Waals surface area (Å²) >= 11 is 0. The number of hydrogen-bond donors (Lipinski definition) is 2. The van der Waals surface area contributed by atoms with E-state index in [2.05, 4.69) is 12.2 Å². The minimum atomic E-state index is -3.73. The molecule has 2 aliphatic rings. The molecule has 0 amide bonds. The van der Waals surface area contributed by atoms with Crippen molar-refractivity contribution < 1.29 is 8.42 Å². The number of allylic oxidation sites excluding steroid dienone is 1. The summed E-state index contributed by atoms with van der Waals surface area (Å²) in [6.45, 7) is 2.41. The number of benzene rings is 1. The third kappa shape index (κ3) is 2.81. The monoisotopic (exact) mass is 334 g/mol. The molecule has 0 aromatic heterocycles. The number of nitrogen functional groups attached to an aromatic ring is 1. The molecule has 3 N–H and O–H groups in total. The van der Waals surface area contributed by atoms with Gasteiger partial charge in [-0.1, -0.05) is 12.2 Å². The molecule has 1 aromatic rings. The standard InChI is InChI=1S/C16H22N4O2S/c1-12-11-19(14-5-3-2-4-6-14)16(18)20(12)23(21,22)15-9-7-13(17)8-10-15/h2-3,7-10,12,14,18H,4-6,11,17H2,1H3. The number of nitrogens with two attached hydrogens (primary N) is 1. The average Bonchev–Trinajstić information content (AvgIpc) is 2.84. The van der Waals surface area contributed by atoms with Gasteiger partial charge >= 0.3 is 0 Å². The fraction of sp³-hybridized carbons (Fsp3) is 0.438. The molecular formula is C16H22N4O2S. The van der Waals surface area contributed by atoms with Gasteiger partial charge in [0.25, 0.3) is 10.0 Å². The Hall–Kier alpha value is -2.02. The fourth-order valence-electron chi connectivity index (χ4n) is 3.27. The summed E-state index contributed by atoms with van der Waals surface area (Å²) in [6, 6.07) is 6.09. The molecule has 1 aliphatic heterocycles. The normalized spacial score (nSPS) is 25.2. The molecular weight excluding hydrogens is 312 g/mol. The third-order valence-corrected chi connectivity index (χ3v) is 6.38. The van der Waals surface area contributed by atoms with Crippen LogP contribution in [0.2, 0.25) is 0 Å². The van der Waals surface area contributed by atoms with Crippen molar-refractivity contribution in [3.05, 3.63) is 36.4 Å². The van der Waals surface area contributed by atoms with E-state index in [9.17, 15) is 8.42 Å². The molecule has 124 valence electrons. The Morgan fingerprint density at radius 2 is 1.91 bits per heavy atom. The molecule has 0 bridgehead atoms. The van der Waals surface area contributed by atoms with Crippen molar-refractivity contribution >= 4 is 21.7 Å². The van der Waals surface area contributed by atoms with Crippen molar-refractivity contribution in [2.24, 2.45) is 0 Å².